The van der Waals surface area contributed by atoms with Gasteiger partial charge in [-0.05, 0) is 44.4 Å². The van der Waals surface area contributed by atoms with Gasteiger partial charge in [0.25, 0.3) is 0 Å². The number of unbranched alkanes of at least 4 members (excludes halogenated alkanes) is 2. The molecule has 0 heterocycles. The smallest absolute Gasteiger partial charge is 0.334 e. The Balaban J connectivity index is 2.35. The van der Waals surface area contributed by atoms with Gasteiger partial charge in [0.2, 0.25) is 0 Å². The van der Waals surface area contributed by atoms with Gasteiger partial charge in [0.05, 0.1) is 13.2 Å². The number of hydrogen-bond donors (Lipinski definition) is 2. The molecule has 1 aliphatic carbocycles. The maximum Gasteiger partial charge on any atom is 0.334 e. The third kappa shape index (κ3) is 9.34. The second kappa shape index (κ2) is 13.7. The van der Waals surface area contributed by atoms with Gasteiger partial charge in [-0.15, -0.1) is 0 Å². The Morgan fingerprint density at radius 2 is 1.96 bits per heavy atom. The first kappa shape index (κ1) is 23.6. The quantitative estimate of drug-likeness (QED) is 0.289. The molecule has 154 valence electrons. The molecule has 27 heavy (non-hydrogen) atoms. The average molecular weight is 381 g/mol. The van der Waals surface area contributed by atoms with Gasteiger partial charge in [0.1, 0.15) is 5.78 Å². The Morgan fingerprint density at radius 3 is 2.67 bits per heavy atom. The van der Waals surface area contributed by atoms with E-state index in [1.807, 2.05) is 24.3 Å². The van der Waals surface area contributed by atoms with Crippen LogP contribution in [0.15, 0.2) is 24.3 Å². The fraction of sp³-hybridized carbons (Fsp3) is 0.727. The highest BCUT2D eigenvalue weighted by molar-refractivity contribution is 5.83. The van der Waals surface area contributed by atoms with Crippen molar-refractivity contribution in [3.8, 4) is 0 Å². The summed E-state index contributed by atoms with van der Waals surface area (Å²) >= 11 is 0. The summed E-state index contributed by atoms with van der Waals surface area (Å²) in [6.07, 6.45) is 14.5. The largest absolute Gasteiger partial charge is 0.467 e. The number of esters is 1. The lowest BCUT2D eigenvalue weighted by Crippen LogP contribution is -2.21. The van der Waals surface area contributed by atoms with Crippen molar-refractivity contribution in [3.05, 3.63) is 24.3 Å². The molecule has 0 aliphatic heterocycles. The maximum absolute atomic E-state index is 12.1. The summed E-state index contributed by atoms with van der Waals surface area (Å²) in [5.74, 6) is 0.0739. The minimum absolute atomic E-state index is 0.0358. The van der Waals surface area contributed by atoms with Crippen molar-refractivity contribution in [3.63, 3.8) is 0 Å². The highest BCUT2D eigenvalue weighted by Crippen LogP contribution is 2.34. The van der Waals surface area contributed by atoms with Gasteiger partial charge in [-0.25, -0.2) is 4.79 Å². The topological polar surface area (TPSA) is 83.8 Å². The molecule has 0 bridgehead atoms. The summed E-state index contributed by atoms with van der Waals surface area (Å²) in [5.41, 5.74) is 0. The molecule has 1 aliphatic rings. The first-order valence-corrected chi connectivity index (χ1v) is 10.3. The number of aliphatic hydroxyl groups excluding tert-OH is 2. The summed E-state index contributed by atoms with van der Waals surface area (Å²) in [6, 6.07) is 0. The second-order valence-corrected chi connectivity index (χ2v) is 7.42. The van der Waals surface area contributed by atoms with Gasteiger partial charge in [0, 0.05) is 12.3 Å². The maximum atomic E-state index is 12.1. The third-order valence-corrected chi connectivity index (χ3v) is 5.28. The van der Waals surface area contributed by atoms with E-state index < -0.39 is 12.1 Å². The number of methoxy groups -OCH3 is 1. The number of carbonyl (C=O) groups is 2. The molecule has 2 N–H and O–H groups in total. The zero-order chi connectivity index (χ0) is 20.1. The van der Waals surface area contributed by atoms with E-state index in [1.165, 1.54) is 7.11 Å². The van der Waals surface area contributed by atoms with E-state index in [0.29, 0.717) is 37.4 Å². The molecule has 0 aromatic heterocycles. The molecular formula is C22H36O5. The van der Waals surface area contributed by atoms with Crippen LogP contribution in [-0.4, -0.2) is 41.3 Å². The number of allylic oxidation sites excluding steroid dienone is 3. The van der Waals surface area contributed by atoms with Crippen molar-refractivity contribution in [2.24, 2.45) is 11.8 Å². The molecule has 4 atom stereocenters. The van der Waals surface area contributed by atoms with Crippen LogP contribution in [0, 0.1) is 11.8 Å². The molecule has 0 aromatic rings. The fourth-order valence-corrected chi connectivity index (χ4v) is 3.56. The Morgan fingerprint density at radius 1 is 1.19 bits per heavy atom. The van der Waals surface area contributed by atoms with E-state index in [1.54, 1.807) is 0 Å². The summed E-state index contributed by atoms with van der Waals surface area (Å²) in [4.78, 5) is 23.3. The minimum Gasteiger partial charge on any atom is -0.467 e. The summed E-state index contributed by atoms with van der Waals surface area (Å²) in [5, 5.41) is 19.5. The molecule has 1 saturated carbocycles. The molecule has 5 nitrogen and oxygen atoms in total. The monoisotopic (exact) mass is 380 g/mol. The minimum atomic E-state index is -1.09. The van der Waals surface area contributed by atoms with Crippen molar-refractivity contribution in [1.82, 2.24) is 0 Å². The molecular weight excluding hydrogens is 344 g/mol. The lowest BCUT2D eigenvalue weighted by Gasteiger charge is -2.15. The number of ketones is 1. The van der Waals surface area contributed by atoms with Crippen molar-refractivity contribution in [1.29, 1.82) is 0 Å². The van der Waals surface area contributed by atoms with E-state index >= 15 is 0 Å². The molecule has 0 saturated heterocycles. The zero-order valence-electron chi connectivity index (χ0n) is 16.8. The lowest BCUT2D eigenvalue weighted by atomic mass is 9.89. The predicted octanol–water partition coefficient (Wildman–Crippen LogP) is 3.73. The van der Waals surface area contributed by atoms with Gasteiger partial charge in [0.15, 0.2) is 6.10 Å². The van der Waals surface area contributed by atoms with Crippen LogP contribution in [0.25, 0.3) is 0 Å². The van der Waals surface area contributed by atoms with Gasteiger partial charge >= 0.3 is 5.97 Å². The molecule has 0 spiro atoms. The normalized spacial score (nSPS) is 22.6. The van der Waals surface area contributed by atoms with Crippen LogP contribution in [-0.2, 0) is 14.3 Å². The highest BCUT2D eigenvalue weighted by Gasteiger charge is 2.32. The van der Waals surface area contributed by atoms with Gasteiger partial charge in [-0.2, -0.15) is 0 Å². The zero-order valence-corrected chi connectivity index (χ0v) is 16.8. The highest BCUT2D eigenvalue weighted by atomic mass is 16.5. The molecule has 0 radical (unpaired) electrons. The first-order chi connectivity index (χ1) is 13.0. The van der Waals surface area contributed by atoms with Crippen molar-refractivity contribution >= 4 is 11.8 Å². The number of carbonyl (C=O) groups excluding carboxylic acids is 2. The fourth-order valence-electron chi connectivity index (χ4n) is 3.56. The van der Waals surface area contributed by atoms with Crippen molar-refractivity contribution in [2.45, 2.75) is 83.3 Å². The van der Waals surface area contributed by atoms with E-state index in [4.69, 9.17) is 0 Å². The van der Waals surface area contributed by atoms with E-state index in [9.17, 15) is 19.8 Å². The molecule has 5 heteroatoms. The van der Waals surface area contributed by atoms with Crippen LogP contribution in [0.5, 0.6) is 0 Å². The Labute approximate surface area is 163 Å². The lowest BCUT2D eigenvalue weighted by molar-refractivity contribution is -0.150. The number of rotatable bonds is 13. The van der Waals surface area contributed by atoms with Crippen LogP contribution < -0.4 is 0 Å². The van der Waals surface area contributed by atoms with E-state index in [0.717, 1.165) is 38.5 Å². The summed E-state index contributed by atoms with van der Waals surface area (Å²) in [6.45, 7) is 2.15. The SMILES string of the molecule is CCCCCC(O)C=CC[C@H]1CCC(=O)[C@@H]1CC=CCCC(O)C(=O)OC. The number of hydrogen-bond acceptors (Lipinski definition) is 5. The molecule has 2 unspecified atom stereocenters. The average Bonchev–Trinajstić information content (AvgIpc) is 3.00. The predicted molar refractivity (Wildman–Crippen MR) is 106 cm³/mol. The Bertz CT molecular complexity index is 497. The van der Waals surface area contributed by atoms with E-state index in [2.05, 4.69) is 11.7 Å². The number of Topliss-reactive ketones (excluding diaryl/α,β-unsaturated/α-hetero) is 1. The van der Waals surface area contributed by atoms with Gasteiger partial charge in [-0.3, -0.25) is 4.79 Å². The Kier molecular flexibility index (Phi) is 11.9. The van der Waals surface area contributed by atoms with Crippen LogP contribution >= 0.6 is 0 Å². The van der Waals surface area contributed by atoms with Crippen LogP contribution in [0.4, 0.5) is 0 Å². The Hall–Kier alpha value is -1.46. The van der Waals surface area contributed by atoms with Crippen molar-refractivity contribution in [2.75, 3.05) is 7.11 Å². The third-order valence-electron chi connectivity index (χ3n) is 5.28. The summed E-state index contributed by atoms with van der Waals surface area (Å²) < 4.78 is 4.48. The number of aliphatic hydroxyl groups is 2. The van der Waals surface area contributed by atoms with Crippen LogP contribution in [0.1, 0.15) is 71.1 Å². The first-order valence-electron chi connectivity index (χ1n) is 10.3. The summed E-state index contributed by atoms with van der Waals surface area (Å²) in [7, 11) is 1.26. The molecule has 0 aromatic carbocycles. The van der Waals surface area contributed by atoms with Crippen LogP contribution in [0.3, 0.4) is 0 Å². The number of ether oxygens (including phenoxy) is 1. The van der Waals surface area contributed by atoms with Crippen molar-refractivity contribution < 1.29 is 24.5 Å². The standard InChI is InChI=1S/C22H36O5/c1-3-4-6-11-18(23)12-9-10-17-15-16-20(24)19(17)13-7-5-8-14-21(25)22(26)27-2/h5,7,9,12,17-19,21,23,25H,3-4,6,8,10-11,13-16H2,1-2H3/t17-,18?,19+,21?/m0/s1. The molecule has 1 rings (SSSR count). The molecule has 1 fully saturated rings. The van der Waals surface area contributed by atoms with Gasteiger partial charge in [-0.1, -0.05) is 50.5 Å². The van der Waals surface area contributed by atoms with Crippen LogP contribution in [0.2, 0.25) is 0 Å². The van der Waals surface area contributed by atoms with Gasteiger partial charge < -0.3 is 14.9 Å². The molecule has 0 amide bonds. The second-order valence-electron chi connectivity index (χ2n) is 7.42. The van der Waals surface area contributed by atoms with E-state index in [-0.39, 0.29) is 12.0 Å².